The van der Waals surface area contributed by atoms with Gasteiger partial charge in [0, 0.05) is 11.3 Å². The minimum absolute atomic E-state index is 0.193. The first kappa shape index (κ1) is 12.2. The number of rotatable bonds is 4. The summed E-state index contributed by atoms with van der Waals surface area (Å²) in [6.07, 6.45) is 1.26. The van der Waals surface area contributed by atoms with Crippen LogP contribution in [-0.2, 0) is 9.59 Å². The smallest absolute Gasteiger partial charge is 0.304 e. The fraction of sp³-hybridized carbons (Fsp3) is 0.231. The molecule has 1 unspecified atom stereocenters. The van der Waals surface area contributed by atoms with Crippen molar-refractivity contribution in [2.75, 3.05) is 5.32 Å². The number of benzene rings is 1. The number of anilines is 1. The Balaban J connectivity index is 2.14. The molecule has 0 radical (unpaired) electrons. The van der Waals surface area contributed by atoms with Crippen LogP contribution in [0, 0.1) is 5.92 Å². The maximum atomic E-state index is 11.8. The van der Waals surface area contributed by atoms with E-state index in [1.807, 2.05) is 18.2 Å². The van der Waals surface area contributed by atoms with E-state index in [1.54, 1.807) is 13.0 Å². The average molecular weight is 247 g/mol. The molecule has 0 aliphatic heterocycles. The van der Waals surface area contributed by atoms with Crippen LogP contribution in [0.2, 0.25) is 0 Å². The highest BCUT2D eigenvalue weighted by Gasteiger charge is 2.18. The van der Waals surface area contributed by atoms with Crippen LogP contribution in [0.5, 0.6) is 0 Å². The lowest BCUT2D eigenvalue weighted by Crippen LogP contribution is -2.22. The van der Waals surface area contributed by atoms with Gasteiger partial charge in [-0.15, -0.1) is 0 Å². The first-order valence-corrected chi connectivity index (χ1v) is 5.57. The normalized spacial score (nSPS) is 12.3. The molecular weight excluding hydrogens is 234 g/mol. The molecular formula is C13H13NO4. The summed E-state index contributed by atoms with van der Waals surface area (Å²) in [4.78, 5) is 22.3. The molecule has 0 saturated heterocycles. The van der Waals surface area contributed by atoms with Gasteiger partial charge in [-0.25, -0.2) is 0 Å². The van der Waals surface area contributed by atoms with Crippen LogP contribution in [-0.4, -0.2) is 17.0 Å². The average Bonchev–Trinajstić information content (AvgIpc) is 2.72. The van der Waals surface area contributed by atoms with Crippen molar-refractivity contribution in [2.45, 2.75) is 13.3 Å². The number of nitrogens with one attached hydrogen (secondary N) is 1. The molecule has 1 heterocycles. The Morgan fingerprint density at radius 3 is 2.83 bits per heavy atom. The van der Waals surface area contributed by atoms with Gasteiger partial charge >= 0.3 is 5.97 Å². The number of carboxylic acids is 1. The van der Waals surface area contributed by atoms with Crippen molar-refractivity contribution in [1.29, 1.82) is 0 Å². The number of carboxylic acid groups (broad SMARTS) is 1. The predicted molar refractivity (Wildman–Crippen MR) is 66.3 cm³/mol. The Hall–Kier alpha value is -2.30. The lowest BCUT2D eigenvalue weighted by Gasteiger charge is -2.08. The third-order valence-electron chi connectivity index (χ3n) is 2.67. The summed E-state index contributed by atoms with van der Waals surface area (Å²) in [7, 11) is 0. The highest BCUT2D eigenvalue weighted by molar-refractivity contribution is 6.01. The van der Waals surface area contributed by atoms with E-state index in [9.17, 15) is 9.59 Å². The van der Waals surface area contributed by atoms with Crippen molar-refractivity contribution >= 4 is 28.5 Å². The number of aliphatic carboxylic acids is 1. The fourth-order valence-corrected chi connectivity index (χ4v) is 1.69. The van der Waals surface area contributed by atoms with E-state index in [0.29, 0.717) is 11.3 Å². The molecule has 0 aliphatic rings. The van der Waals surface area contributed by atoms with E-state index in [1.165, 1.54) is 6.26 Å². The van der Waals surface area contributed by atoms with Crippen molar-refractivity contribution in [3.63, 3.8) is 0 Å². The molecule has 0 spiro atoms. The Labute approximate surface area is 103 Å². The van der Waals surface area contributed by atoms with Gasteiger partial charge in [0.15, 0.2) is 0 Å². The van der Waals surface area contributed by atoms with Crippen molar-refractivity contribution in [3.8, 4) is 0 Å². The molecule has 0 fully saturated rings. The topological polar surface area (TPSA) is 79.5 Å². The second-order valence-electron chi connectivity index (χ2n) is 4.13. The van der Waals surface area contributed by atoms with Gasteiger partial charge < -0.3 is 14.8 Å². The van der Waals surface area contributed by atoms with Crippen molar-refractivity contribution in [3.05, 3.63) is 30.5 Å². The van der Waals surface area contributed by atoms with Crippen LogP contribution < -0.4 is 5.32 Å². The Morgan fingerprint density at radius 2 is 2.11 bits per heavy atom. The number of carbonyl (C=O) groups is 2. The minimum Gasteiger partial charge on any atom is -0.481 e. The summed E-state index contributed by atoms with van der Waals surface area (Å²) in [5.74, 6) is -1.91. The van der Waals surface area contributed by atoms with Crippen LogP contribution in [0.4, 0.5) is 5.69 Å². The van der Waals surface area contributed by atoms with Crippen LogP contribution in [0.3, 0.4) is 0 Å². The summed E-state index contributed by atoms with van der Waals surface area (Å²) in [5.41, 5.74) is 1.24. The molecule has 0 aliphatic carbocycles. The van der Waals surface area contributed by atoms with Gasteiger partial charge in [-0.1, -0.05) is 19.1 Å². The van der Waals surface area contributed by atoms with Gasteiger partial charge in [0.25, 0.3) is 0 Å². The summed E-state index contributed by atoms with van der Waals surface area (Å²) in [6.45, 7) is 1.58. The molecule has 0 saturated carbocycles. The van der Waals surface area contributed by atoms with Crippen LogP contribution in [0.15, 0.2) is 34.9 Å². The second-order valence-corrected chi connectivity index (χ2v) is 4.13. The van der Waals surface area contributed by atoms with Gasteiger partial charge in [-0.3, -0.25) is 9.59 Å². The van der Waals surface area contributed by atoms with Crippen LogP contribution in [0.1, 0.15) is 13.3 Å². The third kappa shape index (κ3) is 2.51. The van der Waals surface area contributed by atoms with E-state index in [-0.39, 0.29) is 12.3 Å². The standard InChI is InChI=1S/C13H13NO4/c1-8(6-12(15)16)13(17)14-10-7-18-11-5-3-2-4-9(10)11/h2-5,7-8H,6H2,1H3,(H,14,17)(H,15,16). The SMILES string of the molecule is CC(CC(=O)O)C(=O)Nc1coc2ccccc12. The molecule has 18 heavy (non-hydrogen) atoms. The summed E-state index contributed by atoms with van der Waals surface area (Å²) < 4.78 is 5.28. The molecule has 1 atom stereocenters. The van der Waals surface area contributed by atoms with Gasteiger partial charge in [0.05, 0.1) is 12.1 Å². The molecule has 2 rings (SSSR count). The van der Waals surface area contributed by atoms with Crippen molar-refractivity contribution in [2.24, 2.45) is 5.92 Å². The zero-order chi connectivity index (χ0) is 13.1. The second kappa shape index (κ2) is 4.91. The molecule has 1 aromatic carbocycles. The monoisotopic (exact) mass is 247 g/mol. The van der Waals surface area contributed by atoms with Crippen molar-refractivity contribution < 1.29 is 19.1 Å². The fourth-order valence-electron chi connectivity index (χ4n) is 1.69. The quantitative estimate of drug-likeness (QED) is 0.869. The number of para-hydroxylation sites is 1. The maximum absolute atomic E-state index is 11.8. The van der Waals surface area contributed by atoms with E-state index < -0.39 is 11.9 Å². The van der Waals surface area contributed by atoms with Gasteiger partial charge in [0.2, 0.25) is 5.91 Å². The molecule has 0 bridgehead atoms. The lowest BCUT2D eigenvalue weighted by molar-refractivity contribution is -0.139. The largest absolute Gasteiger partial charge is 0.481 e. The Bertz CT molecular complexity index is 587. The summed E-state index contributed by atoms with van der Waals surface area (Å²) >= 11 is 0. The number of amides is 1. The van der Waals surface area contributed by atoms with E-state index in [4.69, 9.17) is 9.52 Å². The Morgan fingerprint density at radius 1 is 1.39 bits per heavy atom. The van der Waals surface area contributed by atoms with Crippen LogP contribution >= 0.6 is 0 Å². The lowest BCUT2D eigenvalue weighted by atomic mass is 10.1. The van der Waals surface area contributed by atoms with Crippen LogP contribution in [0.25, 0.3) is 11.0 Å². The number of hydrogen-bond acceptors (Lipinski definition) is 3. The molecule has 1 amide bonds. The first-order chi connectivity index (χ1) is 8.58. The number of furan rings is 1. The Kier molecular flexibility index (Phi) is 3.32. The molecule has 5 nitrogen and oxygen atoms in total. The van der Waals surface area contributed by atoms with E-state index in [2.05, 4.69) is 5.32 Å². The zero-order valence-corrected chi connectivity index (χ0v) is 9.84. The number of fused-ring (bicyclic) bond motifs is 1. The summed E-state index contributed by atoms with van der Waals surface area (Å²) in [5, 5.41) is 12.1. The first-order valence-electron chi connectivity index (χ1n) is 5.57. The predicted octanol–water partition coefficient (Wildman–Crippen LogP) is 2.48. The molecule has 2 aromatic rings. The zero-order valence-electron chi connectivity index (χ0n) is 9.84. The number of hydrogen-bond donors (Lipinski definition) is 2. The molecule has 5 heteroatoms. The maximum Gasteiger partial charge on any atom is 0.304 e. The molecule has 2 N–H and O–H groups in total. The van der Waals surface area contributed by atoms with Gasteiger partial charge in [0.1, 0.15) is 11.8 Å². The third-order valence-corrected chi connectivity index (χ3v) is 2.67. The van der Waals surface area contributed by atoms with Crippen molar-refractivity contribution in [1.82, 2.24) is 0 Å². The highest BCUT2D eigenvalue weighted by Crippen LogP contribution is 2.25. The molecule has 94 valence electrons. The minimum atomic E-state index is -0.991. The summed E-state index contributed by atoms with van der Waals surface area (Å²) in [6, 6.07) is 7.31. The van der Waals surface area contributed by atoms with E-state index >= 15 is 0 Å². The van der Waals surface area contributed by atoms with E-state index in [0.717, 1.165) is 5.39 Å². The highest BCUT2D eigenvalue weighted by atomic mass is 16.4. The van der Waals surface area contributed by atoms with Gasteiger partial charge in [-0.05, 0) is 12.1 Å². The number of carbonyl (C=O) groups excluding carboxylic acids is 1. The van der Waals surface area contributed by atoms with Gasteiger partial charge in [-0.2, -0.15) is 0 Å². The molecule has 1 aromatic heterocycles.